The number of nitrogens with zero attached hydrogens (tertiary/aromatic N) is 2. The highest BCUT2D eigenvalue weighted by atomic mass is 32.2. The molecular weight excluding hydrogens is 269 g/mol. The quantitative estimate of drug-likeness (QED) is 0.867. The Balaban J connectivity index is 2.45. The van der Waals surface area contributed by atoms with Gasteiger partial charge in [-0.25, -0.2) is 12.8 Å². The van der Waals surface area contributed by atoms with Crippen LogP contribution in [0.5, 0.6) is 0 Å². The molecule has 7 heteroatoms. The van der Waals surface area contributed by atoms with Crippen LogP contribution in [0.15, 0.2) is 47.6 Å². The van der Waals surface area contributed by atoms with Crippen molar-refractivity contribution in [2.75, 3.05) is 17.1 Å². The Bertz CT molecular complexity index is 689. The number of nitrogens with two attached hydrogens (primary N) is 1. The van der Waals surface area contributed by atoms with E-state index in [-0.39, 0.29) is 10.6 Å². The van der Waals surface area contributed by atoms with E-state index in [1.54, 1.807) is 12.1 Å². The van der Waals surface area contributed by atoms with E-state index in [1.807, 2.05) is 0 Å². The van der Waals surface area contributed by atoms with Gasteiger partial charge in [0, 0.05) is 13.2 Å². The van der Waals surface area contributed by atoms with Crippen LogP contribution in [0.4, 0.5) is 15.8 Å². The highest BCUT2D eigenvalue weighted by Gasteiger charge is 2.22. The molecule has 100 valence electrons. The number of sulfonamides is 1. The number of hydrogen-bond donors (Lipinski definition) is 1. The van der Waals surface area contributed by atoms with E-state index in [4.69, 9.17) is 5.73 Å². The molecule has 1 aromatic heterocycles. The molecule has 2 N–H and O–H groups in total. The summed E-state index contributed by atoms with van der Waals surface area (Å²) in [4.78, 5) is 3.68. The summed E-state index contributed by atoms with van der Waals surface area (Å²) in [6.45, 7) is 0. The number of aromatic nitrogens is 1. The Morgan fingerprint density at radius 2 is 2.05 bits per heavy atom. The molecule has 0 aliphatic heterocycles. The largest absolute Gasteiger partial charge is 0.396 e. The number of rotatable bonds is 3. The van der Waals surface area contributed by atoms with Crippen LogP contribution < -0.4 is 10.0 Å². The van der Waals surface area contributed by atoms with Crippen molar-refractivity contribution < 1.29 is 12.8 Å². The third-order valence-electron chi connectivity index (χ3n) is 2.64. The Hall–Kier alpha value is -2.15. The molecule has 2 aromatic rings. The van der Waals surface area contributed by atoms with Gasteiger partial charge in [0.15, 0.2) is 0 Å². The molecule has 0 fully saturated rings. The average molecular weight is 281 g/mol. The zero-order chi connectivity index (χ0) is 14.0. The molecule has 0 radical (unpaired) electrons. The van der Waals surface area contributed by atoms with Gasteiger partial charge in [0.25, 0.3) is 10.0 Å². The first kappa shape index (κ1) is 13.3. The number of anilines is 2. The van der Waals surface area contributed by atoms with Gasteiger partial charge in [-0.1, -0.05) is 0 Å². The van der Waals surface area contributed by atoms with Crippen molar-refractivity contribution in [3.63, 3.8) is 0 Å². The minimum absolute atomic E-state index is 0.0945. The van der Waals surface area contributed by atoms with Crippen LogP contribution in [-0.4, -0.2) is 20.4 Å². The lowest BCUT2D eigenvalue weighted by Gasteiger charge is -2.19. The molecular formula is C12H12FN3O2S. The highest BCUT2D eigenvalue weighted by Crippen LogP contribution is 2.23. The molecule has 0 spiro atoms. The van der Waals surface area contributed by atoms with Gasteiger partial charge in [0.1, 0.15) is 5.82 Å². The van der Waals surface area contributed by atoms with E-state index < -0.39 is 15.8 Å². The second kappa shape index (κ2) is 4.85. The molecule has 0 bridgehead atoms. The third kappa shape index (κ3) is 2.50. The lowest BCUT2D eigenvalue weighted by molar-refractivity contribution is 0.590. The van der Waals surface area contributed by atoms with Crippen molar-refractivity contribution in [1.82, 2.24) is 4.98 Å². The number of halogens is 1. The van der Waals surface area contributed by atoms with Crippen molar-refractivity contribution in [3.05, 3.63) is 48.5 Å². The summed E-state index contributed by atoms with van der Waals surface area (Å²) in [5, 5.41) is 0. The van der Waals surface area contributed by atoms with E-state index in [2.05, 4.69) is 4.98 Å². The van der Waals surface area contributed by atoms with Crippen LogP contribution >= 0.6 is 0 Å². The van der Waals surface area contributed by atoms with Crippen molar-refractivity contribution in [2.24, 2.45) is 0 Å². The maximum Gasteiger partial charge on any atom is 0.264 e. The summed E-state index contributed by atoms with van der Waals surface area (Å²) in [7, 11) is -2.46. The molecule has 0 saturated heterocycles. The normalized spacial score (nSPS) is 11.3. The fourth-order valence-electron chi connectivity index (χ4n) is 1.51. The summed E-state index contributed by atoms with van der Waals surface area (Å²) in [5.41, 5.74) is 5.62. The molecule has 5 nitrogen and oxygen atoms in total. The Morgan fingerprint density at radius 3 is 2.63 bits per heavy atom. The van der Waals surface area contributed by atoms with E-state index >= 15 is 0 Å². The molecule has 19 heavy (non-hydrogen) atoms. The fourth-order valence-corrected chi connectivity index (χ4v) is 2.70. The zero-order valence-corrected chi connectivity index (χ0v) is 10.9. The average Bonchev–Trinajstić information content (AvgIpc) is 2.41. The molecule has 0 aliphatic rings. The Kier molecular flexibility index (Phi) is 3.39. The Morgan fingerprint density at radius 1 is 1.32 bits per heavy atom. The number of pyridine rings is 1. The molecule has 1 aromatic carbocycles. The van der Waals surface area contributed by atoms with Gasteiger partial charge in [-0.2, -0.15) is 0 Å². The van der Waals surface area contributed by atoms with Crippen molar-refractivity contribution >= 4 is 21.4 Å². The van der Waals surface area contributed by atoms with Gasteiger partial charge in [-0.05, 0) is 30.3 Å². The summed E-state index contributed by atoms with van der Waals surface area (Å²) < 4.78 is 39.0. The van der Waals surface area contributed by atoms with Gasteiger partial charge < -0.3 is 5.73 Å². The second-order valence-corrected chi connectivity index (χ2v) is 5.84. The number of nitrogen functional groups attached to an aromatic ring is 1. The van der Waals surface area contributed by atoms with E-state index in [1.165, 1.54) is 31.6 Å². The predicted molar refractivity (Wildman–Crippen MR) is 70.6 cm³/mol. The van der Waals surface area contributed by atoms with Gasteiger partial charge in [0.2, 0.25) is 0 Å². The van der Waals surface area contributed by atoms with E-state index in [9.17, 15) is 12.8 Å². The van der Waals surface area contributed by atoms with Crippen LogP contribution in [0, 0.1) is 5.82 Å². The van der Waals surface area contributed by atoms with Gasteiger partial charge >= 0.3 is 0 Å². The van der Waals surface area contributed by atoms with Crippen molar-refractivity contribution in [2.45, 2.75) is 4.90 Å². The summed E-state index contributed by atoms with van der Waals surface area (Å²) in [6, 6.07) is 6.60. The van der Waals surface area contributed by atoms with Gasteiger partial charge in [-0.15, -0.1) is 0 Å². The summed E-state index contributed by atoms with van der Waals surface area (Å²) >= 11 is 0. The fraction of sp³-hybridized carbons (Fsp3) is 0.0833. The first-order valence-electron chi connectivity index (χ1n) is 5.37. The minimum atomic E-state index is -3.83. The lowest BCUT2D eigenvalue weighted by atomic mass is 10.3. The molecule has 0 aliphatic carbocycles. The smallest absolute Gasteiger partial charge is 0.264 e. The molecule has 1 heterocycles. The third-order valence-corrected chi connectivity index (χ3v) is 4.42. The summed E-state index contributed by atoms with van der Waals surface area (Å²) in [6.07, 6.45) is 2.94. The van der Waals surface area contributed by atoms with E-state index in [0.717, 1.165) is 10.4 Å². The van der Waals surface area contributed by atoms with Crippen molar-refractivity contribution in [3.8, 4) is 0 Å². The number of benzene rings is 1. The van der Waals surface area contributed by atoms with Crippen LogP contribution in [0.25, 0.3) is 0 Å². The van der Waals surface area contributed by atoms with Crippen LogP contribution in [0.2, 0.25) is 0 Å². The van der Waals surface area contributed by atoms with Gasteiger partial charge in [0.05, 0.1) is 22.5 Å². The zero-order valence-electron chi connectivity index (χ0n) is 10.1. The predicted octanol–water partition coefficient (Wildman–Crippen LogP) is 1.63. The maximum atomic E-state index is 13.4. The highest BCUT2D eigenvalue weighted by molar-refractivity contribution is 7.92. The lowest BCUT2D eigenvalue weighted by Crippen LogP contribution is -2.26. The van der Waals surface area contributed by atoms with Gasteiger partial charge in [-0.3, -0.25) is 9.29 Å². The van der Waals surface area contributed by atoms with Crippen molar-refractivity contribution in [1.29, 1.82) is 0 Å². The molecule has 0 unspecified atom stereocenters. The van der Waals surface area contributed by atoms with Crippen LogP contribution in [0.1, 0.15) is 0 Å². The van der Waals surface area contributed by atoms with Crippen LogP contribution in [-0.2, 0) is 10.0 Å². The first-order valence-corrected chi connectivity index (χ1v) is 6.81. The molecule has 0 atom stereocenters. The molecule has 0 amide bonds. The first-order chi connectivity index (χ1) is 8.93. The standard InChI is InChI=1S/C12H12FN3O2S/c1-16(9-3-2-6-15-8-9)19(17,18)10-4-5-12(14)11(13)7-10/h2-8H,14H2,1H3. The molecule has 0 saturated carbocycles. The second-order valence-electron chi connectivity index (χ2n) is 3.87. The maximum absolute atomic E-state index is 13.4. The summed E-state index contributed by atoms with van der Waals surface area (Å²) in [5.74, 6) is -0.763. The van der Waals surface area contributed by atoms with E-state index in [0.29, 0.717) is 5.69 Å². The monoisotopic (exact) mass is 281 g/mol. The minimum Gasteiger partial charge on any atom is -0.396 e. The number of hydrogen-bond acceptors (Lipinski definition) is 4. The molecule has 2 rings (SSSR count). The SMILES string of the molecule is CN(c1cccnc1)S(=O)(=O)c1ccc(N)c(F)c1. The van der Waals surface area contributed by atoms with Crippen LogP contribution in [0.3, 0.4) is 0 Å². The Labute approximate surface area is 110 Å². The topological polar surface area (TPSA) is 76.3 Å².